The molecule has 4 aromatic rings. The molecule has 0 aliphatic heterocycles. The summed E-state index contributed by atoms with van der Waals surface area (Å²) in [7, 11) is 1.44. The number of methoxy groups -OCH3 is 1. The first-order valence-corrected chi connectivity index (χ1v) is 9.73. The smallest absolute Gasteiger partial charge is 0.328 e. The maximum Gasteiger partial charge on any atom is 0.328 e. The molecule has 2 aromatic carbocycles. The quantitative estimate of drug-likeness (QED) is 0.430. The lowest BCUT2D eigenvalue weighted by atomic mass is 10.1. The molecule has 146 valence electrons. The van der Waals surface area contributed by atoms with Gasteiger partial charge in [-0.25, -0.2) is 4.79 Å². The zero-order valence-electron chi connectivity index (χ0n) is 16.7. The maximum absolute atomic E-state index is 12.5. The Morgan fingerprint density at radius 3 is 2.31 bits per heavy atom. The van der Waals surface area contributed by atoms with E-state index in [-0.39, 0.29) is 5.97 Å². The first-order chi connectivity index (χ1) is 14.2. The van der Waals surface area contributed by atoms with Gasteiger partial charge in [0.1, 0.15) is 6.04 Å². The predicted molar refractivity (Wildman–Crippen MR) is 117 cm³/mol. The standard InChI is InChI=1S/C25H24N2O2/c1-19(25(28)29-2)27(18-20-11-5-3-6-12-20)24-17-23(21-13-7-4-8-14-21)26-16-10-9-15-22(24)26/h3-17,19H,18H2,1-2H3/t19-/m0/s1. The number of anilines is 1. The van der Waals surface area contributed by atoms with Crippen molar-refractivity contribution in [1.82, 2.24) is 4.40 Å². The first-order valence-electron chi connectivity index (χ1n) is 9.73. The van der Waals surface area contributed by atoms with Crippen LogP contribution in [0.2, 0.25) is 0 Å². The van der Waals surface area contributed by atoms with Crippen molar-refractivity contribution in [2.45, 2.75) is 19.5 Å². The number of rotatable bonds is 6. The number of carbonyl (C=O) groups is 1. The highest BCUT2D eigenvalue weighted by atomic mass is 16.5. The summed E-state index contributed by atoms with van der Waals surface area (Å²) in [4.78, 5) is 14.6. The number of ether oxygens (including phenoxy) is 1. The summed E-state index contributed by atoms with van der Waals surface area (Å²) in [5.74, 6) is -0.252. The fourth-order valence-corrected chi connectivity index (χ4v) is 3.70. The Kier molecular flexibility index (Phi) is 5.34. The number of fused-ring (bicyclic) bond motifs is 1. The maximum atomic E-state index is 12.5. The van der Waals surface area contributed by atoms with Crippen LogP contribution < -0.4 is 4.90 Å². The van der Waals surface area contributed by atoms with E-state index in [2.05, 4.69) is 51.9 Å². The lowest BCUT2D eigenvalue weighted by molar-refractivity contribution is -0.141. The van der Waals surface area contributed by atoms with Gasteiger partial charge in [-0.05, 0) is 36.2 Å². The van der Waals surface area contributed by atoms with Gasteiger partial charge in [0.2, 0.25) is 0 Å². The molecule has 0 unspecified atom stereocenters. The van der Waals surface area contributed by atoms with Crippen LogP contribution in [-0.4, -0.2) is 23.5 Å². The van der Waals surface area contributed by atoms with Crippen LogP contribution in [0.1, 0.15) is 12.5 Å². The summed E-state index contributed by atoms with van der Waals surface area (Å²) < 4.78 is 7.24. The van der Waals surface area contributed by atoms with Gasteiger partial charge < -0.3 is 14.0 Å². The van der Waals surface area contributed by atoms with Crippen molar-refractivity contribution in [1.29, 1.82) is 0 Å². The Balaban J connectivity index is 1.87. The van der Waals surface area contributed by atoms with Gasteiger partial charge in [-0.15, -0.1) is 0 Å². The number of benzene rings is 2. The number of pyridine rings is 1. The van der Waals surface area contributed by atoms with E-state index < -0.39 is 6.04 Å². The Morgan fingerprint density at radius 1 is 0.966 bits per heavy atom. The topological polar surface area (TPSA) is 34.0 Å². The van der Waals surface area contributed by atoms with E-state index in [9.17, 15) is 4.79 Å². The third kappa shape index (κ3) is 3.74. The number of hydrogen-bond acceptors (Lipinski definition) is 3. The molecule has 0 amide bonds. The average Bonchev–Trinajstić information content (AvgIpc) is 3.17. The number of esters is 1. The van der Waals surface area contributed by atoms with Gasteiger partial charge in [-0.1, -0.05) is 66.7 Å². The molecular weight excluding hydrogens is 360 g/mol. The third-order valence-corrected chi connectivity index (χ3v) is 5.24. The molecule has 0 N–H and O–H groups in total. The zero-order chi connectivity index (χ0) is 20.2. The minimum absolute atomic E-state index is 0.252. The summed E-state index contributed by atoms with van der Waals surface area (Å²) >= 11 is 0. The van der Waals surface area contributed by atoms with Crippen LogP contribution in [0.3, 0.4) is 0 Å². The fourth-order valence-electron chi connectivity index (χ4n) is 3.70. The molecule has 0 aliphatic rings. The van der Waals surface area contributed by atoms with E-state index >= 15 is 0 Å². The van der Waals surface area contributed by atoms with Gasteiger partial charge >= 0.3 is 5.97 Å². The van der Waals surface area contributed by atoms with Crippen LogP contribution >= 0.6 is 0 Å². The van der Waals surface area contributed by atoms with Crippen molar-refractivity contribution < 1.29 is 9.53 Å². The van der Waals surface area contributed by atoms with E-state index in [1.165, 1.54) is 7.11 Å². The number of nitrogens with zero attached hydrogens (tertiary/aromatic N) is 2. The normalized spacial score (nSPS) is 11.9. The molecule has 0 spiro atoms. The lowest BCUT2D eigenvalue weighted by Gasteiger charge is -2.29. The first kappa shape index (κ1) is 18.8. The number of hydrogen-bond donors (Lipinski definition) is 0. The summed E-state index contributed by atoms with van der Waals surface area (Å²) in [6, 6.07) is 28.4. The second-order valence-electron chi connectivity index (χ2n) is 7.05. The molecule has 4 rings (SSSR count). The summed E-state index contributed by atoms with van der Waals surface area (Å²) in [6.07, 6.45) is 2.06. The Bertz CT molecular complexity index is 1100. The summed E-state index contributed by atoms with van der Waals surface area (Å²) in [6.45, 7) is 2.50. The SMILES string of the molecule is COC(=O)[C@H](C)N(Cc1ccccc1)c1cc(-c2ccccc2)n2ccccc12. The van der Waals surface area contributed by atoms with Crippen LogP contribution in [-0.2, 0) is 16.1 Å². The van der Waals surface area contributed by atoms with Gasteiger partial charge in [0, 0.05) is 12.7 Å². The molecule has 0 aliphatic carbocycles. The van der Waals surface area contributed by atoms with E-state index in [1.807, 2.05) is 55.5 Å². The predicted octanol–water partition coefficient (Wildman–Crippen LogP) is 5.17. The van der Waals surface area contributed by atoms with Crippen molar-refractivity contribution in [2.24, 2.45) is 0 Å². The molecule has 0 saturated heterocycles. The molecule has 2 heterocycles. The molecular formula is C25H24N2O2. The largest absolute Gasteiger partial charge is 0.467 e. The molecule has 2 aromatic heterocycles. The van der Waals surface area contributed by atoms with E-state index in [0.29, 0.717) is 6.54 Å². The van der Waals surface area contributed by atoms with Crippen LogP contribution in [0, 0.1) is 0 Å². The van der Waals surface area contributed by atoms with Gasteiger partial charge in [0.15, 0.2) is 0 Å². The van der Waals surface area contributed by atoms with Gasteiger partial charge in [0.05, 0.1) is 24.0 Å². The number of aromatic nitrogens is 1. The lowest BCUT2D eigenvalue weighted by Crippen LogP contribution is -2.39. The Labute approximate surface area is 171 Å². The minimum atomic E-state index is -0.421. The molecule has 29 heavy (non-hydrogen) atoms. The van der Waals surface area contributed by atoms with Crippen LogP contribution in [0.15, 0.2) is 91.1 Å². The molecule has 0 bridgehead atoms. The summed E-state index contributed by atoms with van der Waals surface area (Å²) in [5, 5.41) is 0. The second kappa shape index (κ2) is 8.23. The van der Waals surface area contributed by atoms with Crippen molar-refractivity contribution in [3.63, 3.8) is 0 Å². The van der Waals surface area contributed by atoms with E-state index in [0.717, 1.165) is 28.0 Å². The molecule has 4 heteroatoms. The Morgan fingerprint density at radius 2 is 1.62 bits per heavy atom. The highest BCUT2D eigenvalue weighted by Crippen LogP contribution is 2.34. The van der Waals surface area contributed by atoms with Crippen LogP contribution in [0.4, 0.5) is 5.69 Å². The summed E-state index contributed by atoms with van der Waals surface area (Å²) in [5.41, 5.74) is 5.42. The van der Waals surface area contributed by atoms with Crippen LogP contribution in [0.25, 0.3) is 16.8 Å². The van der Waals surface area contributed by atoms with Gasteiger partial charge in [0.25, 0.3) is 0 Å². The zero-order valence-corrected chi connectivity index (χ0v) is 16.7. The highest BCUT2D eigenvalue weighted by molar-refractivity contribution is 5.87. The molecule has 1 atom stereocenters. The molecule has 0 radical (unpaired) electrons. The van der Waals surface area contributed by atoms with Crippen molar-refractivity contribution in [2.75, 3.05) is 12.0 Å². The van der Waals surface area contributed by atoms with Crippen molar-refractivity contribution in [3.05, 3.63) is 96.7 Å². The van der Waals surface area contributed by atoms with Gasteiger partial charge in [-0.2, -0.15) is 0 Å². The second-order valence-corrected chi connectivity index (χ2v) is 7.05. The third-order valence-electron chi connectivity index (χ3n) is 5.24. The number of carbonyl (C=O) groups excluding carboxylic acids is 1. The van der Waals surface area contributed by atoms with Crippen LogP contribution in [0.5, 0.6) is 0 Å². The average molecular weight is 384 g/mol. The fraction of sp³-hybridized carbons (Fsp3) is 0.160. The van der Waals surface area contributed by atoms with Crippen molar-refractivity contribution >= 4 is 17.2 Å². The molecule has 0 saturated carbocycles. The van der Waals surface area contributed by atoms with E-state index in [1.54, 1.807) is 0 Å². The van der Waals surface area contributed by atoms with E-state index in [4.69, 9.17) is 4.74 Å². The Hall–Kier alpha value is -3.53. The monoisotopic (exact) mass is 384 g/mol. The van der Waals surface area contributed by atoms with Crippen molar-refractivity contribution in [3.8, 4) is 11.3 Å². The minimum Gasteiger partial charge on any atom is -0.467 e. The highest BCUT2D eigenvalue weighted by Gasteiger charge is 2.26. The molecule has 4 nitrogen and oxygen atoms in total. The molecule has 0 fully saturated rings. The van der Waals surface area contributed by atoms with Gasteiger partial charge in [-0.3, -0.25) is 0 Å².